The fraction of sp³-hybridized carbons (Fsp3) is 0.588. The molecule has 0 fully saturated rings. The third-order valence-electron chi connectivity index (χ3n) is 4.21. The summed E-state index contributed by atoms with van der Waals surface area (Å²) in [5.74, 6) is -0.122. The number of aliphatic hydroxyl groups is 1. The van der Waals surface area contributed by atoms with E-state index in [2.05, 4.69) is 34.5 Å². The maximum atomic E-state index is 12.3. The average Bonchev–Trinajstić information content (AvgIpc) is 3.09. The van der Waals surface area contributed by atoms with Gasteiger partial charge >= 0.3 is 0 Å². The minimum atomic E-state index is -0.281. The number of aryl methyl sites for hydroxylation is 1. The van der Waals surface area contributed by atoms with E-state index in [-0.39, 0.29) is 30.5 Å². The highest BCUT2D eigenvalue weighted by Crippen LogP contribution is 2.27. The van der Waals surface area contributed by atoms with Gasteiger partial charge in [0, 0.05) is 17.3 Å². The zero-order valence-electron chi connectivity index (χ0n) is 15.2. The summed E-state index contributed by atoms with van der Waals surface area (Å²) >= 11 is 0. The van der Waals surface area contributed by atoms with Gasteiger partial charge in [0.2, 0.25) is 0 Å². The minimum Gasteiger partial charge on any atom is -0.394 e. The summed E-state index contributed by atoms with van der Waals surface area (Å²) in [5, 5.41) is 23.8. The molecule has 0 spiro atoms. The number of amides is 1. The number of aromatic nitrogens is 4. The lowest BCUT2D eigenvalue weighted by atomic mass is 10.1. The number of carbonyl (C=O) groups excluding carboxylic acids is 1. The summed E-state index contributed by atoms with van der Waals surface area (Å²) in [7, 11) is 0. The van der Waals surface area contributed by atoms with Crippen molar-refractivity contribution in [2.24, 2.45) is 5.92 Å². The van der Waals surface area contributed by atoms with Crippen molar-refractivity contribution in [2.75, 3.05) is 6.61 Å². The van der Waals surface area contributed by atoms with E-state index in [1.54, 1.807) is 6.07 Å². The first-order chi connectivity index (χ1) is 11.3. The van der Waals surface area contributed by atoms with Crippen LogP contribution in [-0.2, 0) is 0 Å². The van der Waals surface area contributed by atoms with Crippen LogP contribution in [0.25, 0.3) is 11.3 Å². The van der Waals surface area contributed by atoms with Gasteiger partial charge in [-0.3, -0.25) is 14.6 Å². The molecule has 0 aliphatic heterocycles. The molecule has 0 aromatic carbocycles. The van der Waals surface area contributed by atoms with Crippen molar-refractivity contribution >= 4 is 5.91 Å². The molecule has 0 aliphatic rings. The molecule has 0 unspecified atom stereocenters. The Labute approximate surface area is 142 Å². The summed E-state index contributed by atoms with van der Waals surface area (Å²) in [4.78, 5) is 12.3. The highest BCUT2D eigenvalue weighted by Gasteiger charge is 2.21. The van der Waals surface area contributed by atoms with Crippen LogP contribution in [0.2, 0.25) is 0 Å². The Balaban J connectivity index is 2.27. The van der Waals surface area contributed by atoms with Gasteiger partial charge in [-0.1, -0.05) is 13.8 Å². The number of carbonyl (C=O) groups is 1. The molecule has 0 saturated carbocycles. The Hall–Kier alpha value is -2.15. The predicted octanol–water partition coefficient (Wildman–Crippen LogP) is 2.22. The predicted molar refractivity (Wildman–Crippen MR) is 92.8 cm³/mol. The van der Waals surface area contributed by atoms with Gasteiger partial charge in [0.25, 0.3) is 5.91 Å². The molecule has 2 aromatic heterocycles. The fourth-order valence-electron chi connectivity index (χ4n) is 2.77. The number of aromatic amines is 1. The molecule has 0 bridgehead atoms. The quantitative estimate of drug-likeness (QED) is 0.755. The first-order valence-corrected chi connectivity index (χ1v) is 8.29. The second-order valence-corrected chi connectivity index (χ2v) is 6.76. The van der Waals surface area contributed by atoms with Crippen LogP contribution >= 0.6 is 0 Å². The molecule has 7 nitrogen and oxygen atoms in total. The van der Waals surface area contributed by atoms with Gasteiger partial charge in [-0.05, 0) is 39.7 Å². The number of hydrogen-bond acceptors (Lipinski definition) is 4. The van der Waals surface area contributed by atoms with Crippen LogP contribution in [0.3, 0.4) is 0 Å². The Bertz CT molecular complexity index is 715. The average molecular weight is 333 g/mol. The number of nitrogens with zero attached hydrogens (tertiary/aromatic N) is 3. The fourth-order valence-corrected chi connectivity index (χ4v) is 2.77. The Kier molecular flexibility index (Phi) is 5.43. The van der Waals surface area contributed by atoms with E-state index < -0.39 is 0 Å². The lowest BCUT2D eigenvalue weighted by Gasteiger charge is -2.19. The van der Waals surface area contributed by atoms with Crippen molar-refractivity contribution in [1.29, 1.82) is 0 Å². The topological polar surface area (TPSA) is 95.8 Å². The van der Waals surface area contributed by atoms with Crippen molar-refractivity contribution in [3.05, 3.63) is 23.1 Å². The molecule has 24 heavy (non-hydrogen) atoms. The second-order valence-electron chi connectivity index (χ2n) is 6.76. The van der Waals surface area contributed by atoms with Gasteiger partial charge in [0.05, 0.1) is 24.0 Å². The zero-order chi connectivity index (χ0) is 18.0. The summed E-state index contributed by atoms with van der Waals surface area (Å²) < 4.78 is 1.96. The molecule has 132 valence electrons. The van der Waals surface area contributed by atoms with Crippen LogP contribution in [0.4, 0.5) is 0 Å². The highest BCUT2D eigenvalue weighted by molar-refractivity contribution is 5.93. The van der Waals surface area contributed by atoms with Crippen molar-refractivity contribution in [3.63, 3.8) is 0 Å². The molecule has 0 saturated heterocycles. The van der Waals surface area contributed by atoms with Gasteiger partial charge in [-0.2, -0.15) is 10.2 Å². The van der Waals surface area contributed by atoms with E-state index in [1.165, 1.54) is 0 Å². The highest BCUT2D eigenvalue weighted by atomic mass is 16.3. The molecule has 2 heterocycles. The van der Waals surface area contributed by atoms with E-state index in [4.69, 9.17) is 0 Å². The molecule has 0 aliphatic carbocycles. The van der Waals surface area contributed by atoms with Crippen LogP contribution in [0, 0.1) is 19.8 Å². The monoisotopic (exact) mass is 333 g/mol. The number of H-pyrrole nitrogens is 1. The number of hydrogen-bond donors (Lipinski definition) is 3. The largest absolute Gasteiger partial charge is 0.394 e. The molecule has 1 amide bonds. The van der Waals surface area contributed by atoms with Crippen molar-refractivity contribution in [3.8, 4) is 11.3 Å². The van der Waals surface area contributed by atoms with Gasteiger partial charge in [0.1, 0.15) is 5.69 Å². The van der Waals surface area contributed by atoms with Gasteiger partial charge in [-0.15, -0.1) is 0 Å². The summed E-state index contributed by atoms with van der Waals surface area (Å²) in [6.45, 7) is 11.9. The Morgan fingerprint density at radius 2 is 2.00 bits per heavy atom. The molecule has 1 atom stereocenters. The minimum absolute atomic E-state index is 0.0935. The third-order valence-corrected chi connectivity index (χ3v) is 4.21. The lowest BCUT2D eigenvalue weighted by Crippen LogP contribution is -2.41. The van der Waals surface area contributed by atoms with Crippen LogP contribution in [0.15, 0.2) is 6.07 Å². The van der Waals surface area contributed by atoms with E-state index in [0.717, 1.165) is 17.0 Å². The van der Waals surface area contributed by atoms with Gasteiger partial charge < -0.3 is 10.4 Å². The van der Waals surface area contributed by atoms with Crippen molar-refractivity contribution in [1.82, 2.24) is 25.3 Å². The normalized spacial score (nSPS) is 12.9. The summed E-state index contributed by atoms with van der Waals surface area (Å²) in [5.41, 5.74) is 3.93. The SMILES string of the molecule is Cc1nn(C(C)C)c(C)c1-c1cc(C(=O)N[C@H](CO)C(C)C)[nH]n1. The van der Waals surface area contributed by atoms with Crippen LogP contribution < -0.4 is 5.32 Å². The number of nitrogens with one attached hydrogen (secondary N) is 2. The molecule has 2 rings (SSSR count). The molecule has 7 heteroatoms. The van der Waals surface area contributed by atoms with Crippen molar-refractivity contribution in [2.45, 2.75) is 53.6 Å². The molecule has 0 radical (unpaired) electrons. The van der Waals surface area contributed by atoms with Crippen LogP contribution in [0.5, 0.6) is 0 Å². The Morgan fingerprint density at radius 1 is 1.33 bits per heavy atom. The third kappa shape index (κ3) is 3.51. The standard InChI is InChI=1S/C17H27N5O2/c1-9(2)15(8-23)18-17(24)14-7-13(19-20-14)16-11(5)21-22(10(3)4)12(16)6/h7,9-10,15,23H,8H2,1-6H3,(H,18,24)(H,19,20)/t15-/m1/s1. The molecule has 2 aromatic rings. The molecular formula is C17H27N5O2. The van der Waals surface area contributed by atoms with E-state index in [1.807, 2.05) is 32.4 Å². The number of rotatable bonds is 6. The summed E-state index contributed by atoms with van der Waals surface area (Å²) in [6, 6.07) is 1.71. The summed E-state index contributed by atoms with van der Waals surface area (Å²) in [6.07, 6.45) is 0. The molecule has 3 N–H and O–H groups in total. The maximum Gasteiger partial charge on any atom is 0.269 e. The molecular weight excluding hydrogens is 306 g/mol. The first-order valence-electron chi connectivity index (χ1n) is 8.29. The smallest absolute Gasteiger partial charge is 0.269 e. The van der Waals surface area contributed by atoms with Crippen molar-refractivity contribution < 1.29 is 9.90 Å². The van der Waals surface area contributed by atoms with Crippen LogP contribution in [0.1, 0.15) is 55.6 Å². The van der Waals surface area contributed by atoms with E-state index in [0.29, 0.717) is 11.4 Å². The number of aliphatic hydroxyl groups excluding tert-OH is 1. The van der Waals surface area contributed by atoms with Crippen LogP contribution in [-0.4, -0.2) is 43.6 Å². The maximum absolute atomic E-state index is 12.3. The second kappa shape index (κ2) is 7.17. The van der Waals surface area contributed by atoms with Gasteiger partial charge in [-0.25, -0.2) is 0 Å². The Morgan fingerprint density at radius 3 is 2.50 bits per heavy atom. The van der Waals surface area contributed by atoms with Gasteiger partial charge in [0.15, 0.2) is 0 Å². The zero-order valence-corrected chi connectivity index (χ0v) is 15.2. The first kappa shape index (κ1) is 18.2. The van der Waals surface area contributed by atoms with E-state index >= 15 is 0 Å². The lowest BCUT2D eigenvalue weighted by molar-refractivity contribution is 0.0891. The van der Waals surface area contributed by atoms with E-state index in [9.17, 15) is 9.90 Å².